The summed E-state index contributed by atoms with van der Waals surface area (Å²) in [6, 6.07) is 20.8. The molecular weight excluding hydrogens is 446 g/mol. The predicted molar refractivity (Wildman–Crippen MR) is 140 cm³/mol. The molecule has 1 fully saturated rings. The number of fused-ring (bicyclic) bond motifs is 2. The molecule has 0 saturated carbocycles. The molecule has 0 bridgehead atoms. The van der Waals surface area contributed by atoms with E-state index in [1.807, 2.05) is 41.0 Å². The summed E-state index contributed by atoms with van der Waals surface area (Å²) in [6.45, 7) is 4.77. The number of nitrogens with zero attached hydrogens (tertiary/aromatic N) is 3. The van der Waals surface area contributed by atoms with Crippen LogP contribution in [-0.4, -0.2) is 39.7 Å². The van der Waals surface area contributed by atoms with Gasteiger partial charge in [0.15, 0.2) is 0 Å². The first-order valence-electron chi connectivity index (χ1n) is 13.2. The number of hydrogen-bond acceptors (Lipinski definition) is 3. The van der Waals surface area contributed by atoms with Crippen LogP contribution in [0.15, 0.2) is 60.7 Å². The molecule has 0 spiro atoms. The first-order chi connectivity index (χ1) is 17.5. The Balaban J connectivity index is 1.10. The van der Waals surface area contributed by atoms with Crippen molar-refractivity contribution in [3.63, 3.8) is 0 Å². The van der Waals surface area contributed by atoms with Gasteiger partial charge in [0, 0.05) is 44.2 Å². The van der Waals surface area contributed by atoms with E-state index in [2.05, 4.69) is 36.4 Å². The van der Waals surface area contributed by atoms with Crippen molar-refractivity contribution >= 4 is 11.8 Å². The van der Waals surface area contributed by atoms with E-state index in [0.29, 0.717) is 25.4 Å². The Morgan fingerprint density at radius 2 is 1.39 bits per heavy atom. The number of rotatable bonds is 4. The summed E-state index contributed by atoms with van der Waals surface area (Å²) in [5.74, 6) is 0.955. The van der Waals surface area contributed by atoms with Gasteiger partial charge in [0.25, 0.3) is 5.91 Å². The third-order valence-corrected chi connectivity index (χ3v) is 8.26. The SMILES string of the molecule is Cc1ccc(C(=O)N2Cc3ccccc3C2)c(C2CCN(C(=O)CC3Cc4ccccc4C3)CC2)n1. The fourth-order valence-corrected chi connectivity index (χ4v) is 6.29. The van der Waals surface area contributed by atoms with E-state index in [0.717, 1.165) is 55.7 Å². The Morgan fingerprint density at radius 1 is 0.806 bits per heavy atom. The quantitative estimate of drug-likeness (QED) is 0.526. The summed E-state index contributed by atoms with van der Waals surface area (Å²) in [6.07, 6.45) is 4.36. The lowest BCUT2D eigenvalue weighted by Gasteiger charge is -2.33. The molecule has 3 aromatic rings. The van der Waals surface area contributed by atoms with Crippen molar-refractivity contribution in [1.82, 2.24) is 14.8 Å². The monoisotopic (exact) mass is 479 g/mol. The topological polar surface area (TPSA) is 53.5 Å². The normalized spacial score (nSPS) is 17.8. The molecule has 2 aromatic carbocycles. The second-order valence-corrected chi connectivity index (χ2v) is 10.7. The minimum absolute atomic E-state index is 0.0630. The van der Waals surface area contributed by atoms with Crippen LogP contribution in [0.2, 0.25) is 0 Å². The van der Waals surface area contributed by atoms with Gasteiger partial charge in [-0.2, -0.15) is 0 Å². The van der Waals surface area contributed by atoms with E-state index < -0.39 is 0 Å². The van der Waals surface area contributed by atoms with E-state index in [1.54, 1.807) is 0 Å². The Bertz CT molecular complexity index is 1260. The van der Waals surface area contributed by atoms with Crippen molar-refractivity contribution in [2.75, 3.05) is 13.1 Å². The van der Waals surface area contributed by atoms with Gasteiger partial charge in [-0.3, -0.25) is 14.6 Å². The van der Waals surface area contributed by atoms with Gasteiger partial charge in [-0.05, 0) is 72.9 Å². The smallest absolute Gasteiger partial charge is 0.256 e. The number of carbonyl (C=O) groups excluding carboxylic acids is 2. The maximum Gasteiger partial charge on any atom is 0.256 e. The first kappa shape index (κ1) is 23.0. The second kappa shape index (κ2) is 9.53. The molecule has 0 radical (unpaired) electrons. The number of amides is 2. The zero-order valence-corrected chi connectivity index (χ0v) is 21.0. The lowest BCUT2D eigenvalue weighted by molar-refractivity contribution is -0.133. The molecule has 184 valence electrons. The molecule has 0 N–H and O–H groups in total. The average molecular weight is 480 g/mol. The van der Waals surface area contributed by atoms with Crippen molar-refractivity contribution < 1.29 is 9.59 Å². The highest BCUT2D eigenvalue weighted by Gasteiger charge is 2.32. The van der Waals surface area contributed by atoms with Crippen LogP contribution in [0, 0.1) is 12.8 Å². The summed E-state index contributed by atoms with van der Waals surface area (Å²) in [5.41, 5.74) is 7.83. The third kappa shape index (κ3) is 4.43. The van der Waals surface area contributed by atoms with Gasteiger partial charge < -0.3 is 9.80 Å². The van der Waals surface area contributed by atoms with Crippen molar-refractivity contribution in [3.05, 3.63) is 99.9 Å². The highest BCUT2D eigenvalue weighted by Crippen LogP contribution is 2.33. The van der Waals surface area contributed by atoms with Crippen LogP contribution in [-0.2, 0) is 30.7 Å². The number of carbonyl (C=O) groups is 2. The van der Waals surface area contributed by atoms with Gasteiger partial charge in [0.2, 0.25) is 5.91 Å². The Hall–Kier alpha value is -3.47. The van der Waals surface area contributed by atoms with Crippen LogP contribution in [0.3, 0.4) is 0 Å². The molecule has 1 saturated heterocycles. The molecule has 1 aromatic heterocycles. The fraction of sp³-hybridized carbons (Fsp3) is 0.387. The van der Waals surface area contributed by atoms with E-state index in [1.165, 1.54) is 22.3 Å². The molecule has 36 heavy (non-hydrogen) atoms. The van der Waals surface area contributed by atoms with Gasteiger partial charge >= 0.3 is 0 Å². The van der Waals surface area contributed by atoms with Gasteiger partial charge in [-0.25, -0.2) is 0 Å². The Morgan fingerprint density at radius 3 is 2.00 bits per heavy atom. The Labute approximate surface area is 213 Å². The Kier molecular flexibility index (Phi) is 6.08. The molecule has 2 amide bonds. The van der Waals surface area contributed by atoms with Crippen molar-refractivity contribution in [2.45, 2.75) is 58.0 Å². The minimum Gasteiger partial charge on any atom is -0.343 e. The molecule has 0 unspecified atom stereocenters. The number of pyridine rings is 1. The van der Waals surface area contributed by atoms with Crippen molar-refractivity contribution in [1.29, 1.82) is 0 Å². The maximum absolute atomic E-state index is 13.6. The number of piperidine rings is 1. The van der Waals surface area contributed by atoms with Crippen LogP contribution < -0.4 is 0 Å². The van der Waals surface area contributed by atoms with E-state index in [9.17, 15) is 9.59 Å². The summed E-state index contributed by atoms with van der Waals surface area (Å²) >= 11 is 0. The minimum atomic E-state index is 0.0630. The fourth-order valence-electron chi connectivity index (χ4n) is 6.29. The third-order valence-electron chi connectivity index (χ3n) is 8.26. The van der Waals surface area contributed by atoms with Gasteiger partial charge in [0.05, 0.1) is 11.3 Å². The van der Waals surface area contributed by atoms with Crippen molar-refractivity contribution in [3.8, 4) is 0 Å². The molecular formula is C31H33N3O2. The maximum atomic E-state index is 13.6. The molecule has 0 atom stereocenters. The zero-order chi connectivity index (χ0) is 24.6. The largest absolute Gasteiger partial charge is 0.343 e. The van der Waals surface area contributed by atoms with Crippen LogP contribution >= 0.6 is 0 Å². The highest BCUT2D eigenvalue weighted by atomic mass is 16.2. The highest BCUT2D eigenvalue weighted by molar-refractivity contribution is 5.95. The molecule has 3 heterocycles. The second-order valence-electron chi connectivity index (χ2n) is 10.7. The van der Waals surface area contributed by atoms with Crippen molar-refractivity contribution in [2.24, 2.45) is 5.92 Å². The standard InChI is InChI=1S/C31H33N3O2/c1-21-10-11-28(31(36)34-19-26-8-4-5-9-27(26)20-34)30(32-21)23-12-14-33(15-13-23)29(35)18-22-16-24-6-2-3-7-25(24)17-22/h2-11,22-23H,12-20H2,1H3. The number of hydrogen-bond donors (Lipinski definition) is 0. The summed E-state index contributed by atoms with van der Waals surface area (Å²) < 4.78 is 0. The molecule has 6 rings (SSSR count). The zero-order valence-electron chi connectivity index (χ0n) is 21.0. The van der Waals surface area contributed by atoms with E-state index in [-0.39, 0.29) is 17.7 Å². The number of aromatic nitrogens is 1. The lowest BCUT2D eigenvalue weighted by Crippen LogP contribution is -2.39. The van der Waals surface area contributed by atoms with Crippen LogP contribution in [0.1, 0.15) is 69.2 Å². The molecule has 3 aliphatic rings. The molecule has 1 aliphatic carbocycles. The predicted octanol–water partition coefficient (Wildman–Crippen LogP) is 5.06. The van der Waals surface area contributed by atoms with Crippen LogP contribution in [0.4, 0.5) is 0 Å². The van der Waals surface area contributed by atoms with Gasteiger partial charge in [-0.15, -0.1) is 0 Å². The molecule has 5 nitrogen and oxygen atoms in total. The summed E-state index contributed by atoms with van der Waals surface area (Å²) in [7, 11) is 0. The molecule has 2 aliphatic heterocycles. The number of likely N-dealkylation sites (tertiary alicyclic amines) is 1. The van der Waals surface area contributed by atoms with E-state index in [4.69, 9.17) is 4.98 Å². The van der Waals surface area contributed by atoms with Crippen LogP contribution in [0.5, 0.6) is 0 Å². The molecule has 5 heteroatoms. The van der Waals surface area contributed by atoms with Gasteiger partial charge in [-0.1, -0.05) is 48.5 Å². The summed E-state index contributed by atoms with van der Waals surface area (Å²) in [5, 5.41) is 0. The van der Waals surface area contributed by atoms with E-state index >= 15 is 0 Å². The summed E-state index contributed by atoms with van der Waals surface area (Å²) in [4.78, 5) is 35.5. The van der Waals surface area contributed by atoms with Crippen LogP contribution in [0.25, 0.3) is 0 Å². The number of benzene rings is 2. The number of aryl methyl sites for hydroxylation is 1. The lowest BCUT2D eigenvalue weighted by atomic mass is 9.89. The average Bonchev–Trinajstić information content (AvgIpc) is 3.52. The van der Waals surface area contributed by atoms with Gasteiger partial charge in [0.1, 0.15) is 0 Å². The first-order valence-corrected chi connectivity index (χ1v) is 13.2.